The van der Waals surface area contributed by atoms with Gasteiger partial charge in [-0.25, -0.2) is 9.97 Å². The molecule has 0 bridgehead atoms. The minimum Gasteiger partial charge on any atom is -0.454 e. The molecule has 0 fully saturated rings. The Labute approximate surface area is 153 Å². The van der Waals surface area contributed by atoms with E-state index in [-0.39, 0.29) is 37.2 Å². The van der Waals surface area contributed by atoms with E-state index >= 15 is 0 Å². The Morgan fingerprint density at radius 3 is 2.78 bits per heavy atom. The lowest BCUT2D eigenvalue weighted by molar-refractivity contribution is -0.141. The summed E-state index contributed by atoms with van der Waals surface area (Å²) in [5, 5.41) is 2.59. The van der Waals surface area contributed by atoms with Crippen LogP contribution >= 0.6 is 0 Å². The third-order valence-electron chi connectivity index (χ3n) is 3.66. The highest BCUT2D eigenvalue weighted by Crippen LogP contribution is 2.32. The maximum Gasteiger partial charge on any atom is 0.433 e. The van der Waals surface area contributed by atoms with Crippen molar-refractivity contribution in [1.29, 1.82) is 0 Å². The van der Waals surface area contributed by atoms with Gasteiger partial charge in [0, 0.05) is 24.7 Å². The topological polar surface area (TPSA) is 73.3 Å². The summed E-state index contributed by atoms with van der Waals surface area (Å²) in [6.45, 7) is 1.75. The fourth-order valence-electron chi connectivity index (χ4n) is 2.43. The van der Waals surface area contributed by atoms with Crippen molar-refractivity contribution in [3.8, 4) is 11.5 Å². The van der Waals surface area contributed by atoms with Crippen LogP contribution in [-0.4, -0.2) is 29.2 Å². The van der Waals surface area contributed by atoms with Gasteiger partial charge in [-0.1, -0.05) is 6.07 Å². The minimum absolute atomic E-state index is 0.0300. The zero-order valence-corrected chi connectivity index (χ0v) is 14.3. The normalized spacial score (nSPS) is 13.2. The van der Waals surface area contributed by atoms with Crippen LogP contribution in [0.1, 0.15) is 22.8 Å². The van der Waals surface area contributed by atoms with Crippen molar-refractivity contribution in [3.05, 3.63) is 53.1 Å². The fraction of sp³-hybridized carbons (Fsp3) is 0.278. The van der Waals surface area contributed by atoms with Crippen LogP contribution in [-0.2, 0) is 17.4 Å². The standard InChI is InChI=1S/C18H16F3N3O3/c1-11-8-15(18(19,20)21)24-16(23-11)6-7-22-17(25)5-3-12-2-4-13-14(9-12)27-10-26-13/h2-5,8-9H,6-7,10H2,1H3,(H,22,25)/b5-3+. The Balaban J connectivity index is 1.53. The molecule has 1 aromatic carbocycles. The quantitative estimate of drug-likeness (QED) is 0.809. The van der Waals surface area contributed by atoms with Gasteiger partial charge >= 0.3 is 6.18 Å². The molecule has 1 aliphatic heterocycles. The molecular weight excluding hydrogens is 363 g/mol. The summed E-state index contributed by atoms with van der Waals surface area (Å²) < 4.78 is 48.7. The van der Waals surface area contributed by atoms with E-state index in [1.807, 2.05) is 0 Å². The van der Waals surface area contributed by atoms with Gasteiger partial charge in [0.1, 0.15) is 11.5 Å². The lowest BCUT2D eigenvalue weighted by Crippen LogP contribution is -2.24. The zero-order chi connectivity index (χ0) is 19.4. The van der Waals surface area contributed by atoms with Crippen molar-refractivity contribution in [2.75, 3.05) is 13.3 Å². The molecule has 0 saturated heterocycles. The Hall–Kier alpha value is -3.10. The first kappa shape index (κ1) is 18.7. The van der Waals surface area contributed by atoms with E-state index in [0.717, 1.165) is 11.6 Å². The van der Waals surface area contributed by atoms with Crippen molar-refractivity contribution in [3.63, 3.8) is 0 Å². The number of ether oxygens (including phenoxy) is 2. The second-order valence-corrected chi connectivity index (χ2v) is 5.80. The predicted molar refractivity (Wildman–Crippen MR) is 90.1 cm³/mol. The van der Waals surface area contributed by atoms with E-state index in [2.05, 4.69) is 15.3 Å². The van der Waals surface area contributed by atoms with Gasteiger partial charge in [-0.15, -0.1) is 0 Å². The summed E-state index contributed by atoms with van der Waals surface area (Å²) in [6.07, 6.45) is -1.51. The number of amides is 1. The molecule has 0 radical (unpaired) electrons. The van der Waals surface area contributed by atoms with Gasteiger partial charge in [0.15, 0.2) is 11.5 Å². The van der Waals surface area contributed by atoms with Crippen LogP contribution in [0.15, 0.2) is 30.3 Å². The fourth-order valence-corrected chi connectivity index (χ4v) is 2.43. The highest BCUT2D eigenvalue weighted by Gasteiger charge is 2.33. The molecule has 0 spiro atoms. The number of carbonyl (C=O) groups is 1. The molecule has 0 saturated carbocycles. The van der Waals surface area contributed by atoms with E-state index < -0.39 is 11.9 Å². The van der Waals surface area contributed by atoms with Crippen LogP contribution in [0.5, 0.6) is 11.5 Å². The molecule has 142 valence electrons. The first-order chi connectivity index (χ1) is 12.8. The molecule has 0 atom stereocenters. The average Bonchev–Trinajstić information content (AvgIpc) is 3.06. The number of halogens is 3. The third kappa shape index (κ3) is 4.96. The molecule has 1 amide bonds. The van der Waals surface area contributed by atoms with Crippen molar-refractivity contribution in [2.24, 2.45) is 0 Å². The Morgan fingerprint density at radius 1 is 1.22 bits per heavy atom. The van der Waals surface area contributed by atoms with Gasteiger partial charge in [-0.3, -0.25) is 4.79 Å². The van der Waals surface area contributed by atoms with Crippen molar-refractivity contribution < 1.29 is 27.4 Å². The molecular formula is C18H16F3N3O3. The van der Waals surface area contributed by atoms with E-state index in [0.29, 0.717) is 11.5 Å². The number of nitrogens with one attached hydrogen (secondary N) is 1. The highest BCUT2D eigenvalue weighted by atomic mass is 19.4. The molecule has 27 heavy (non-hydrogen) atoms. The summed E-state index contributed by atoms with van der Waals surface area (Å²) in [6, 6.07) is 6.14. The van der Waals surface area contributed by atoms with Gasteiger partial charge in [0.2, 0.25) is 12.7 Å². The van der Waals surface area contributed by atoms with E-state index in [4.69, 9.17) is 9.47 Å². The summed E-state index contributed by atoms with van der Waals surface area (Å²) in [7, 11) is 0. The van der Waals surface area contributed by atoms with Crippen LogP contribution in [0.2, 0.25) is 0 Å². The molecule has 3 rings (SSSR count). The largest absolute Gasteiger partial charge is 0.454 e. The molecule has 2 heterocycles. The number of benzene rings is 1. The smallest absolute Gasteiger partial charge is 0.433 e. The average molecular weight is 379 g/mol. The summed E-state index contributed by atoms with van der Waals surface area (Å²) >= 11 is 0. The molecule has 6 nitrogen and oxygen atoms in total. The maximum atomic E-state index is 12.8. The van der Waals surface area contributed by atoms with Crippen LogP contribution in [0.4, 0.5) is 13.2 Å². The molecule has 2 aromatic rings. The predicted octanol–water partition coefficient (Wildman–Crippen LogP) is 2.90. The van der Waals surface area contributed by atoms with E-state index in [9.17, 15) is 18.0 Å². The Morgan fingerprint density at radius 2 is 2.00 bits per heavy atom. The molecule has 0 unspecified atom stereocenters. The number of hydrogen-bond acceptors (Lipinski definition) is 5. The Bertz CT molecular complexity index is 882. The number of aryl methyl sites for hydroxylation is 1. The molecule has 1 N–H and O–H groups in total. The van der Waals surface area contributed by atoms with E-state index in [1.54, 1.807) is 24.3 Å². The molecule has 0 aliphatic carbocycles. The van der Waals surface area contributed by atoms with Gasteiger partial charge in [0.05, 0.1) is 0 Å². The first-order valence-corrected chi connectivity index (χ1v) is 8.08. The summed E-state index contributed by atoms with van der Waals surface area (Å²) in [5.41, 5.74) is -0.00776. The van der Waals surface area contributed by atoms with Gasteiger partial charge in [-0.2, -0.15) is 13.2 Å². The molecule has 1 aromatic heterocycles. The number of fused-ring (bicyclic) bond motifs is 1. The number of nitrogens with zero attached hydrogens (tertiary/aromatic N) is 2. The van der Waals surface area contributed by atoms with Gasteiger partial charge < -0.3 is 14.8 Å². The van der Waals surface area contributed by atoms with Crippen molar-refractivity contribution in [2.45, 2.75) is 19.5 Å². The van der Waals surface area contributed by atoms with Crippen LogP contribution in [0, 0.1) is 6.92 Å². The second-order valence-electron chi connectivity index (χ2n) is 5.80. The lowest BCUT2D eigenvalue weighted by Gasteiger charge is -2.09. The SMILES string of the molecule is Cc1cc(C(F)(F)F)nc(CCNC(=O)/C=C/c2ccc3c(c2)OCO3)n1. The minimum atomic E-state index is -4.53. The summed E-state index contributed by atoms with van der Waals surface area (Å²) in [5.74, 6) is 0.904. The highest BCUT2D eigenvalue weighted by molar-refractivity contribution is 5.91. The number of aromatic nitrogens is 2. The maximum absolute atomic E-state index is 12.8. The van der Waals surface area contributed by atoms with Gasteiger partial charge in [0.25, 0.3) is 0 Å². The zero-order valence-electron chi connectivity index (χ0n) is 14.3. The van der Waals surface area contributed by atoms with Crippen LogP contribution in [0.25, 0.3) is 6.08 Å². The molecule has 9 heteroatoms. The number of carbonyl (C=O) groups excluding carboxylic acids is 1. The molecule has 1 aliphatic rings. The van der Waals surface area contributed by atoms with Crippen molar-refractivity contribution in [1.82, 2.24) is 15.3 Å². The van der Waals surface area contributed by atoms with Crippen molar-refractivity contribution >= 4 is 12.0 Å². The van der Waals surface area contributed by atoms with Crippen LogP contribution in [0.3, 0.4) is 0 Å². The van der Waals surface area contributed by atoms with Gasteiger partial charge in [-0.05, 0) is 36.8 Å². The lowest BCUT2D eigenvalue weighted by atomic mass is 10.2. The number of rotatable bonds is 5. The summed E-state index contributed by atoms with van der Waals surface area (Å²) in [4.78, 5) is 19.3. The van der Waals surface area contributed by atoms with Crippen LogP contribution < -0.4 is 14.8 Å². The first-order valence-electron chi connectivity index (χ1n) is 8.08. The second kappa shape index (κ2) is 7.65. The third-order valence-corrected chi connectivity index (χ3v) is 3.66. The number of hydrogen-bond donors (Lipinski definition) is 1. The Kier molecular flexibility index (Phi) is 5.29. The van der Waals surface area contributed by atoms with E-state index in [1.165, 1.54) is 13.0 Å². The monoisotopic (exact) mass is 379 g/mol. The number of alkyl halides is 3.